The predicted octanol–water partition coefficient (Wildman–Crippen LogP) is 3.44. The van der Waals surface area contributed by atoms with E-state index in [0.717, 1.165) is 19.3 Å². The van der Waals surface area contributed by atoms with Gasteiger partial charge in [-0.15, -0.1) is 0 Å². The van der Waals surface area contributed by atoms with Gasteiger partial charge in [-0.05, 0) is 50.8 Å². The molecule has 98 valence electrons. The molecule has 3 nitrogen and oxygen atoms in total. The smallest absolute Gasteiger partial charge is 0.341 e. The molecule has 0 heterocycles. The van der Waals surface area contributed by atoms with Gasteiger partial charge in [-0.3, -0.25) is 0 Å². The Morgan fingerprint density at radius 1 is 1.44 bits per heavy atom. The minimum Gasteiger partial charge on any atom is -0.482 e. The van der Waals surface area contributed by atoms with Gasteiger partial charge in [0.15, 0.2) is 6.61 Å². The molecule has 0 atom stereocenters. The van der Waals surface area contributed by atoms with Crippen molar-refractivity contribution in [2.45, 2.75) is 33.1 Å². The number of aryl methyl sites for hydroxylation is 1. The molecule has 0 fully saturated rings. The molecule has 0 saturated carbocycles. The normalized spacial score (nSPS) is 11.3. The lowest BCUT2D eigenvalue weighted by Gasteiger charge is -2.06. The van der Waals surface area contributed by atoms with Crippen LogP contribution in [0, 0.1) is 0 Å². The Hall–Kier alpha value is -1.77. The summed E-state index contributed by atoms with van der Waals surface area (Å²) in [6.07, 6.45) is 5.30. The average molecular weight is 248 g/mol. The third-order valence-corrected chi connectivity index (χ3v) is 2.79. The Morgan fingerprint density at radius 3 is 2.89 bits per heavy atom. The monoisotopic (exact) mass is 248 g/mol. The van der Waals surface area contributed by atoms with E-state index in [1.807, 2.05) is 18.2 Å². The standard InChI is InChI=1S/C15H20O3/c1-3-12(2)6-4-7-13-8-5-9-14(10-13)18-11-15(16)17/h3,5,8-10H,4,6-7,11H2,1-2H3,(H,16,17). The number of ether oxygens (including phenoxy) is 1. The van der Waals surface area contributed by atoms with Crippen LogP contribution in [0.25, 0.3) is 0 Å². The van der Waals surface area contributed by atoms with Crippen molar-refractivity contribution < 1.29 is 14.6 Å². The zero-order valence-corrected chi connectivity index (χ0v) is 11.0. The zero-order valence-electron chi connectivity index (χ0n) is 11.0. The molecule has 0 aliphatic carbocycles. The zero-order chi connectivity index (χ0) is 13.4. The van der Waals surface area contributed by atoms with Crippen molar-refractivity contribution in [3.05, 3.63) is 41.5 Å². The number of aliphatic carboxylic acids is 1. The van der Waals surface area contributed by atoms with Crippen molar-refractivity contribution in [2.24, 2.45) is 0 Å². The van der Waals surface area contributed by atoms with Gasteiger partial charge in [-0.2, -0.15) is 0 Å². The molecule has 0 aliphatic heterocycles. The second-order valence-corrected chi connectivity index (χ2v) is 4.32. The van der Waals surface area contributed by atoms with Gasteiger partial charge in [0, 0.05) is 0 Å². The summed E-state index contributed by atoms with van der Waals surface area (Å²) in [7, 11) is 0. The highest BCUT2D eigenvalue weighted by Gasteiger charge is 2.01. The lowest BCUT2D eigenvalue weighted by atomic mass is 10.0. The fourth-order valence-electron chi connectivity index (χ4n) is 1.65. The second-order valence-electron chi connectivity index (χ2n) is 4.32. The van der Waals surface area contributed by atoms with E-state index in [4.69, 9.17) is 9.84 Å². The van der Waals surface area contributed by atoms with E-state index in [0.29, 0.717) is 5.75 Å². The molecule has 0 bridgehead atoms. The first-order valence-corrected chi connectivity index (χ1v) is 6.17. The summed E-state index contributed by atoms with van der Waals surface area (Å²) in [4.78, 5) is 10.4. The van der Waals surface area contributed by atoms with Gasteiger partial charge in [0.05, 0.1) is 0 Å². The fourth-order valence-corrected chi connectivity index (χ4v) is 1.65. The maximum atomic E-state index is 10.4. The highest BCUT2D eigenvalue weighted by Crippen LogP contribution is 2.16. The molecular weight excluding hydrogens is 228 g/mol. The number of allylic oxidation sites excluding steroid dienone is 2. The first-order valence-electron chi connectivity index (χ1n) is 6.17. The van der Waals surface area contributed by atoms with Gasteiger partial charge in [-0.25, -0.2) is 4.79 Å². The van der Waals surface area contributed by atoms with Crippen LogP contribution in [0.2, 0.25) is 0 Å². The van der Waals surface area contributed by atoms with Crippen molar-refractivity contribution >= 4 is 5.97 Å². The van der Waals surface area contributed by atoms with Crippen LogP contribution in [0.3, 0.4) is 0 Å². The SMILES string of the molecule is CC=C(C)CCCc1cccc(OCC(=O)O)c1. The van der Waals surface area contributed by atoms with Crippen molar-refractivity contribution in [3.8, 4) is 5.75 Å². The molecule has 0 saturated heterocycles. The first-order chi connectivity index (χ1) is 8.61. The van der Waals surface area contributed by atoms with Crippen LogP contribution in [0.4, 0.5) is 0 Å². The molecule has 1 aromatic carbocycles. The maximum absolute atomic E-state index is 10.4. The number of carboxylic acid groups (broad SMARTS) is 1. The quantitative estimate of drug-likeness (QED) is 0.752. The van der Waals surface area contributed by atoms with E-state index in [9.17, 15) is 4.79 Å². The molecule has 3 heteroatoms. The summed E-state index contributed by atoms with van der Waals surface area (Å²) in [5.74, 6) is -0.332. The molecule has 1 rings (SSSR count). The van der Waals surface area contributed by atoms with Crippen molar-refractivity contribution in [3.63, 3.8) is 0 Å². The molecular formula is C15H20O3. The number of hydrogen-bond acceptors (Lipinski definition) is 2. The Kier molecular flexibility index (Phi) is 5.98. The highest BCUT2D eigenvalue weighted by molar-refractivity contribution is 5.68. The third-order valence-electron chi connectivity index (χ3n) is 2.79. The second kappa shape index (κ2) is 7.54. The largest absolute Gasteiger partial charge is 0.482 e. The highest BCUT2D eigenvalue weighted by atomic mass is 16.5. The lowest BCUT2D eigenvalue weighted by molar-refractivity contribution is -0.139. The number of rotatable bonds is 7. The van der Waals surface area contributed by atoms with Gasteiger partial charge < -0.3 is 9.84 Å². The fraction of sp³-hybridized carbons (Fsp3) is 0.400. The van der Waals surface area contributed by atoms with Gasteiger partial charge in [-0.1, -0.05) is 23.8 Å². The topological polar surface area (TPSA) is 46.5 Å². The summed E-state index contributed by atoms with van der Waals surface area (Å²) in [5, 5.41) is 8.54. The minimum atomic E-state index is -0.955. The molecule has 0 spiro atoms. The molecule has 0 aliphatic rings. The van der Waals surface area contributed by atoms with Crippen molar-refractivity contribution in [2.75, 3.05) is 6.61 Å². The van der Waals surface area contributed by atoms with Gasteiger partial charge in [0.25, 0.3) is 0 Å². The molecule has 0 unspecified atom stereocenters. The number of hydrogen-bond donors (Lipinski definition) is 1. The van der Waals surface area contributed by atoms with Crippen LogP contribution >= 0.6 is 0 Å². The molecule has 1 N–H and O–H groups in total. The minimum absolute atomic E-state index is 0.291. The molecule has 18 heavy (non-hydrogen) atoms. The van der Waals surface area contributed by atoms with Gasteiger partial charge >= 0.3 is 5.97 Å². The Bertz CT molecular complexity index is 422. The first kappa shape index (κ1) is 14.3. The molecule has 0 radical (unpaired) electrons. The van der Waals surface area contributed by atoms with Gasteiger partial charge in [0.2, 0.25) is 0 Å². The van der Waals surface area contributed by atoms with Crippen molar-refractivity contribution in [1.82, 2.24) is 0 Å². The summed E-state index contributed by atoms with van der Waals surface area (Å²) in [5.41, 5.74) is 2.58. The van der Waals surface area contributed by atoms with E-state index in [2.05, 4.69) is 19.9 Å². The Morgan fingerprint density at radius 2 is 2.22 bits per heavy atom. The van der Waals surface area contributed by atoms with E-state index < -0.39 is 5.97 Å². The lowest BCUT2D eigenvalue weighted by Crippen LogP contribution is -2.09. The van der Waals surface area contributed by atoms with E-state index >= 15 is 0 Å². The average Bonchev–Trinajstić information content (AvgIpc) is 2.36. The van der Waals surface area contributed by atoms with Crippen LogP contribution in [0.5, 0.6) is 5.75 Å². The molecule has 0 amide bonds. The van der Waals surface area contributed by atoms with Crippen LogP contribution in [-0.4, -0.2) is 17.7 Å². The van der Waals surface area contributed by atoms with Crippen molar-refractivity contribution in [1.29, 1.82) is 0 Å². The number of carboxylic acids is 1. The van der Waals surface area contributed by atoms with Gasteiger partial charge in [0.1, 0.15) is 5.75 Å². The van der Waals surface area contributed by atoms with Crippen LogP contribution in [-0.2, 0) is 11.2 Å². The third kappa shape index (κ3) is 5.53. The van der Waals surface area contributed by atoms with E-state index in [1.165, 1.54) is 11.1 Å². The summed E-state index contributed by atoms with van der Waals surface area (Å²) < 4.78 is 5.15. The Labute approximate surface area is 108 Å². The molecule has 0 aromatic heterocycles. The Balaban J connectivity index is 2.46. The summed E-state index contributed by atoms with van der Waals surface area (Å²) in [6.45, 7) is 3.89. The van der Waals surface area contributed by atoms with Crippen LogP contribution in [0.15, 0.2) is 35.9 Å². The van der Waals surface area contributed by atoms with Crippen LogP contribution < -0.4 is 4.74 Å². The molecule has 1 aromatic rings. The number of benzene rings is 1. The predicted molar refractivity (Wildman–Crippen MR) is 71.9 cm³/mol. The summed E-state index contributed by atoms with van der Waals surface area (Å²) in [6, 6.07) is 7.63. The number of carbonyl (C=O) groups is 1. The van der Waals surface area contributed by atoms with E-state index in [-0.39, 0.29) is 6.61 Å². The maximum Gasteiger partial charge on any atom is 0.341 e. The van der Waals surface area contributed by atoms with E-state index in [1.54, 1.807) is 6.07 Å². The summed E-state index contributed by atoms with van der Waals surface area (Å²) >= 11 is 0. The van der Waals surface area contributed by atoms with Crippen LogP contribution in [0.1, 0.15) is 32.3 Å².